The monoisotopic (exact) mass is 486 g/mol. The van der Waals surface area contributed by atoms with E-state index in [9.17, 15) is 14.3 Å². The molecular weight excluding hydrogens is 463 g/mol. The predicted octanol–water partition coefficient (Wildman–Crippen LogP) is 5.50. The summed E-state index contributed by atoms with van der Waals surface area (Å²) in [5.41, 5.74) is 4.89. The van der Waals surface area contributed by atoms with Crippen molar-refractivity contribution in [3.63, 3.8) is 0 Å². The molecular formula is C27H23FN4O2S. The molecule has 0 radical (unpaired) electrons. The minimum Gasteiger partial charge on any atom is -0.478 e. The third-order valence-corrected chi connectivity index (χ3v) is 6.66. The van der Waals surface area contributed by atoms with E-state index in [-0.39, 0.29) is 23.5 Å². The maximum atomic E-state index is 15.0. The van der Waals surface area contributed by atoms with Gasteiger partial charge in [0.1, 0.15) is 5.82 Å². The van der Waals surface area contributed by atoms with Gasteiger partial charge < -0.3 is 19.9 Å². The third kappa shape index (κ3) is 3.95. The number of aromatic nitrogens is 2. The second-order valence-electron chi connectivity index (χ2n) is 8.47. The van der Waals surface area contributed by atoms with Gasteiger partial charge in [0, 0.05) is 23.3 Å². The molecule has 0 spiro atoms. The van der Waals surface area contributed by atoms with Crippen molar-refractivity contribution < 1.29 is 14.3 Å². The smallest absolute Gasteiger partial charge is 0.335 e. The van der Waals surface area contributed by atoms with Gasteiger partial charge in [0.15, 0.2) is 5.11 Å². The van der Waals surface area contributed by atoms with E-state index in [1.54, 1.807) is 42.6 Å². The number of hydrogen-bond donors (Lipinski definition) is 2. The number of carbonyl (C=O) groups is 1. The highest BCUT2D eigenvalue weighted by atomic mass is 32.1. The molecule has 4 aromatic rings. The lowest BCUT2D eigenvalue weighted by atomic mass is 9.96. The van der Waals surface area contributed by atoms with Crippen molar-refractivity contribution in [1.82, 2.24) is 14.9 Å². The third-order valence-electron chi connectivity index (χ3n) is 6.35. The molecule has 176 valence electrons. The fourth-order valence-electron chi connectivity index (χ4n) is 4.84. The second kappa shape index (κ2) is 8.96. The molecule has 0 amide bonds. The van der Waals surface area contributed by atoms with Crippen molar-refractivity contribution in [1.29, 1.82) is 0 Å². The maximum absolute atomic E-state index is 15.0. The van der Waals surface area contributed by atoms with Gasteiger partial charge in [0.2, 0.25) is 0 Å². The second-order valence-corrected chi connectivity index (χ2v) is 8.85. The number of pyridine rings is 1. The molecule has 2 aromatic carbocycles. The Morgan fingerprint density at radius 3 is 2.54 bits per heavy atom. The molecule has 2 N–H and O–H groups in total. The quantitative estimate of drug-likeness (QED) is 0.363. The van der Waals surface area contributed by atoms with Crippen LogP contribution in [0.3, 0.4) is 0 Å². The molecule has 3 heterocycles. The number of hydrogen-bond acceptors (Lipinski definition) is 3. The highest BCUT2D eigenvalue weighted by molar-refractivity contribution is 7.80. The number of carboxylic acids is 1. The molecule has 35 heavy (non-hydrogen) atoms. The number of carboxylic acid groups (broad SMARTS) is 1. The molecule has 1 aliphatic heterocycles. The van der Waals surface area contributed by atoms with Crippen molar-refractivity contribution in [3.8, 4) is 5.69 Å². The number of aryl methyl sites for hydroxylation is 1. The zero-order valence-corrected chi connectivity index (χ0v) is 20.0. The van der Waals surface area contributed by atoms with Crippen molar-refractivity contribution in [2.45, 2.75) is 25.9 Å². The Morgan fingerprint density at radius 2 is 1.83 bits per heavy atom. The van der Waals surface area contributed by atoms with E-state index in [0.717, 1.165) is 28.3 Å². The highest BCUT2D eigenvalue weighted by Crippen LogP contribution is 2.44. The van der Waals surface area contributed by atoms with Gasteiger partial charge in [-0.3, -0.25) is 4.98 Å². The van der Waals surface area contributed by atoms with Gasteiger partial charge in [-0.1, -0.05) is 24.3 Å². The summed E-state index contributed by atoms with van der Waals surface area (Å²) in [7, 11) is 0. The average molecular weight is 487 g/mol. The highest BCUT2D eigenvalue weighted by Gasteiger charge is 2.43. The van der Waals surface area contributed by atoms with Crippen LogP contribution < -0.4 is 10.2 Å². The van der Waals surface area contributed by atoms with Crippen LogP contribution in [0.4, 0.5) is 10.1 Å². The molecule has 6 nitrogen and oxygen atoms in total. The summed E-state index contributed by atoms with van der Waals surface area (Å²) in [5.74, 6) is -1.35. The largest absolute Gasteiger partial charge is 0.478 e. The lowest BCUT2D eigenvalue weighted by molar-refractivity contribution is 0.0697. The van der Waals surface area contributed by atoms with Gasteiger partial charge in [-0.15, -0.1) is 0 Å². The number of aromatic carboxylic acids is 1. The first-order valence-corrected chi connectivity index (χ1v) is 11.6. The molecule has 0 bridgehead atoms. The zero-order valence-electron chi connectivity index (χ0n) is 19.1. The Hall–Kier alpha value is -4.04. The molecule has 2 unspecified atom stereocenters. The van der Waals surface area contributed by atoms with Gasteiger partial charge in [-0.25, -0.2) is 9.18 Å². The van der Waals surface area contributed by atoms with Crippen LogP contribution >= 0.6 is 12.2 Å². The van der Waals surface area contributed by atoms with Crippen LogP contribution in [0.1, 0.15) is 45.1 Å². The fraction of sp³-hybridized carbons (Fsp3) is 0.148. The fourth-order valence-corrected chi connectivity index (χ4v) is 5.18. The number of thiocarbonyl (C=S) groups is 1. The molecule has 0 aliphatic carbocycles. The van der Waals surface area contributed by atoms with E-state index in [1.807, 2.05) is 53.6 Å². The molecule has 8 heteroatoms. The van der Waals surface area contributed by atoms with Crippen molar-refractivity contribution >= 4 is 29.0 Å². The molecule has 1 saturated heterocycles. The van der Waals surface area contributed by atoms with Crippen molar-refractivity contribution in [3.05, 3.63) is 113 Å². The predicted molar refractivity (Wildman–Crippen MR) is 137 cm³/mol. The Kier molecular flexibility index (Phi) is 5.82. The Bertz CT molecular complexity index is 1440. The molecule has 1 aliphatic rings. The first kappa shape index (κ1) is 22.7. The van der Waals surface area contributed by atoms with E-state index in [2.05, 4.69) is 10.3 Å². The van der Waals surface area contributed by atoms with Gasteiger partial charge in [0.05, 0.1) is 29.0 Å². The standard InChI is InChI=1S/C27H23FN4O2S/c1-16-14-20(17(2)31(16)19-9-7-8-18(15-19)26(33)34)25-24(22-11-5-6-13-29-22)30-27(35)32(25)23-12-4-3-10-21(23)28/h3-15,24-25H,1-2H3,(H,30,35)(H,33,34). The number of anilines is 1. The summed E-state index contributed by atoms with van der Waals surface area (Å²) in [6.45, 7) is 3.94. The average Bonchev–Trinajstić information content (AvgIpc) is 3.35. The van der Waals surface area contributed by atoms with E-state index in [4.69, 9.17) is 12.2 Å². The van der Waals surface area contributed by atoms with Crippen LogP contribution in [0, 0.1) is 19.7 Å². The molecule has 0 saturated carbocycles. The van der Waals surface area contributed by atoms with Crippen LogP contribution in [0.5, 0.6) is 0 Å². The minimum absolute atomic E-state index is 0.208. The summed E-state index contributed by atoms with van der Waals surface area (Å²) >= 11 is 5.71. The lowest BCUT2D eigenvalue weighted by Crippen LogP contribution is -2.30. The van der Waals surface area contributed by atoms with Crippen molar-refractivity contribution in [2.24, 2.45) is 0 Å². The summed E-state index contributed by atoms with van der Waals surface area (Å²) in [6, 6.07) is 20.4. The number of nitrogens with one attached hydrogen (secondary N) is 1. The SMILES string of the molecule is Cc1cc(C2C(c3ccccn3)NC(=S)N2c2ccccc2F)c(C)n1-c1cccc(C(=O)O)c1. The summed E-state index contributed by atoms with van der Waals surface area (Å²) < 4.78 is 17.0. The number of nitrogens with zero attached hydrogens (tertiary/aromatic N) is 3. The topological polar surface area (TPSA) is 70.4 Å². The summed E-state index contributed by atoms with van der Waals surface area (Å²) in [6.07, 6.45) is 1.73. The van der Waals surface area contributed by atoms with Crippen LogP contribution in [-0.2, 0) is 0 Å². The number of benzene rings is 2. The molecule has 2 aromatic heterocycles. The van der Waals surface area contributed by atoms with Gasteiger partial charge in [-0.05, 0) is 80.2 Å². The number of rotatable bonds is 5. The van der Waals surface area contributed by atoms with Crippen LogP contribution in [-0.4, -0.2) is 25.7 Å². The number of para-hydroxylation sites is 1. The Labute approximate surface area is 207 Å². The molecule has 2 atom stereocenters. The first-order chi connectivity index (χ1) is 16.9. The first-order valence-electron chi connectivity index (χ1n) is 11.1. The van der Waals surface area contributed by atoms with E-state index in [0.29, 0.717) is 10.8 Å². The summed E-state index contributed by atoms with van der Waals surface area (Å²) in [5, 5.41) is 13.2. The molecule has 1 fully saturated rings. The summed E-state index contributed by atoms with van der Waals surface area (Å²) in [4.78, 5) is 17.9. The minimum atomic E-state index is -0.985. The van der Waals surface area contributed by atoms with E-state index in [1.165, 1.54) is 6.07 Å². The van der Waals surface area contributed by atoms with Crippen LogP contribution in [0.2, 0.25) is 0 Å². The molecule has 5 rings (SSSR count). The maximum Gasteiger partial charge on any atom is 0.335 e. The zero-order chi connectivity index (χ0) is 24.7. The van der Waals surface area contributed by atoms with Gasteiger partial charge >= 0.3 is 5.97 Å². The Morgan fingerprint density at radius 1 is 1.06 bits per heavy atom. The lowest BCUT2D eigenvalue weighted by Gasteiger charge is -2.28. The van der Waals surface area contributed by atoms with Gasteiger partial charge in [0.25, 0.3) is 0 Å². The van der Waals surface area contributed by atoms with E-state index < -0.39 is 5.97 Å². The van der Waals surface area contributed by atoms with Gasteiger partial charge in [-0.2, -0.15) is 0 Å². The van der Waals surface area contributed by atoms with Crippen LogP contribution in [0.25, 0.3) is 5.69 Å². The van der Waals surface area contributed by atoms with Crippen LogP contribution in [0.15, 0.2) is 79.0 Å². The van der Waals surface area contributed by atoms with Crippen molar-refractivity contribution in [2.75, 3.05) is 4.90 Å². The normalized spacial score (nSPS) is 17.5. The Balaban J connectivity index is 1.69. The van der Waals surface area contributed by atoms with E-state index >= 15 is 0 Å². The number of halogens is 1.